The fourth-order valence-electron chi connectivity index (χ4n) is 2.79. The lowest BCUT2D eigenvalue weighted by atomic mass is 10.0. The van der Waals surface area contributed by atoms with E-state index < -0.39 is 0 Å². The number of carbonyl (C=O) groups excluding carboxylic acids is 1. The van der Waals surface area contributed by atoms with Crippen LogP contribution in [0.3, 0.4) is 0 Å². The lowest BCUT2D eigenvalue weighted by Crippen LogP contribution is -2.52. The number of halogens is 3. The number of rotatable bonds is 4. The molecular formula is C17H28Cl3N3O. The summed E-state index contributed by atoms with van der Waals surface area (Å²) in [6, 6.07) is 8.24. The molecule has 0 radical (unpaired) electrons. The molecule has 138 valence electrons. The summed E-state index contributed by atoms with van der Waals surface area (Å²) in [4.78, 5) is 16.7. The molecule has 1 aliphatic heterocycles. The van der Waals surface area contributed by atoms with Gasteiger partial charge in [0.1, 0.15) is 0 Å². The van der Waals surface area contributed by atoms with Crippen molar-refractivity contribution in [3.05, 3.63) is 34.9 Å². The van der Waals surface area contributed by atoms with E-state index in [1.807, 2.05) is 30.9 Å². The van der Waals surface area contributed by atoms with Crippen molar-refractivity contribution in [3.63, 3.8) is 0 Å². The van der Waals surface area contributed by atoms with Gasteiger partial charge in [0, 0.05) is 43.3 Å². The second-order valence-corrected chi connectivity index (χ2v) is 6.67. The Kier molecular flexibility index (Phi) is 10.2. The third-order valence-electron chi connectivity index (χ3n) is 4.70. The van der Waals surface area contributed by atoms with Crippen LogP contribution >= 0.6 is 36.4 Å². The van der Waals surface area contributed by atoms with Crippen LogP contribution in [0.1, 0.15) is 32.4 Å². The van der Waals surface area contributed by atoms with E-state index in [1.165, 1.54) is 5.56 Å². The van der Waals surface area contributed by atoms with E-state index in [-0.39, 0.29) is 42.7 Å². The topological polar surface area (TPSA) is 49.6 Å². The van der Waals surface area contributed by atoms with Gasteiger partial charge in [0.05, 0.1) is 5.92 Å². The summed E-state index contributed by atoms with van der Waals surface area (Å²) in [5.41, 5.74) is 7.10. The van der Waals surface area contributed by atoms with Crippen molar-refractivity contribution in [2.45, 2.75) is 32.9 Å². The Hall–Kier alpha value is -0.520. The van der Waals surface area contributed by atoms with Crippen molar-refractivity contribution < 1.29 is 4.79 Å². The molecule has 0 saturated carbocycles. The summed E-state index contributed by atoms with van der Waals surface area (Å²) in [5, 5.41) is 0.760. The van der Waals surface area contributed by atoms with Crippen LogP contribution in [0.15, 0.2) is 24.3 Å². The van der Waals surface area contributed by atoms with Gasteiger partial charge in [0.15, 0.2) is 0 Å². The highest BCUT2D eigenvalue weighted by atomic mass is 35.5. The van der Waals surface area contributed by atoms with Gasteiger partial charge >= 0.3 is 0 Å². The molecule has 24 heavy (non-hydrogen) atoms. The first-order valence-corrected chi connectivity index (χ1v) is 8.32. The quantitative estimate of drug-likeness (QED) is 0.849. The molecule has 0 aromatic heterocycles. The van der Waals surface area contributed by atoms with Crippen LogP contribution < -0.4 is 5.73 Å². The van der Waals surface area contributed by atoms with Gasteiger partial charge in [-0.25, -0.2) is 0 Å². The van der Waals surface area contributed by atoms with Gasteiger partial charge < -0.3 is 10.6 Å². The molecule has 1 heterocycles. The second-order valence-electron chi connectivity index (χ2n) is 6.24. The van der Waals surface area contributed by atoms with Crippen LogP contribution in [0.4, 0.5) is 0 Å². The van der Waals surface area contributed by atoms with Gasteiger partial charge in [-0.05, 0) is 31.5 Å². The van der Waals surface area contributed by atoms with Gasteiger partial charge in [0.2, 0.25) is 5.91 Å². The third kappa shape index (κ3) is 5.78. The Morgan fingerprint density at radius 2 is 1.54 bits per heavy atom. The van der Waals surface area contributed by atoms with Crippen LogP contribution in [0, 0.1) is 5.92 Å². The minimum Gasteiger partial charge on any atom is -0.340 e. The van der Waals surface area contributed by atoms with Crippen LogP contribution in [0.2, 0.25) is 5.02 Å². The molecule has 1 aromatic rings. The van der Waals surface area contributed by atoms with Gasteiger partial charge in [-0.15, -0.1) is 24.8 Å². The molecule has 0 spiro atoms. The first kappa shape index (κ1) is 23.5. The van der Waals surface area contributed by atoms with Crippen LogP contribution in [0.25, 0.3) is 0 Å². The van der Waals surface area contributed by atoms with Gasteiger partial charge in [-0.3, -0.25) is 9.69 Å². The molecule has 2 N–H and O–H groups in total. The molecule has 3 unspecified atom stereocenters. The minimum absolute atomic E-state index is 0. The van der Waals surface area contributed by atoms with Crippen LogP contribution in [0.5, 0.6) is 0 Å². The molecule has 1 saturated heterocycles. The SMILES string of the molecule is CC(N)C(C)C(=O)N1CCN(C(C)c2ccc(Cl)cc2)CC1.Cl.Cl. The van der Waals surface area contributed by atoms with E-state index in [9.17, 15) is 4.79 Å². The largest absolute Gasteiger partial charge is 0.340 e. The first-order chi connectivity index (χ1) is 10.4. The molecule has 2 rings (SSSR count). The molecule has 3 atom stereocenters. The highest BCUT2D eigenvalue weighted by molar-refractivity contribution is 6.30. The average molecular weight is 397 g/mol. The van der Waals surface area contributed by atoms with E-state index in [4.69, 9.17) is 17.3 Å². The maximum Gasteiger partial charge on any atom is 0.227 e. The standard InChI is InChI=1S/C17H26ClN3O.2ClH/c1-12(13(2)19)17(22)21-10-8-20(9-11-21)14(3)15-4-6-16(18)7-5-15;;/h4-7,12-14H,8-11,19H2,1-3H3;2*1H. The molecule has 1 aromatic carbocycles. The summed E-state index contributed by atoms with van der Waals surface area (Å²) in [6.07, 6.45) is 0. The van der Waals surface area contributed by atoms with Crippen molar-refractivity contribution in [1.82, 2.24) is 9.80 Å². The smallest absolute Gasteiger partial charge is 0.227 e. The number of nitrogens with zero attached hydrogens (tertiary/aromatic N) is 2. The second kappa shape index (κ2) is 10.5. The molecule has 7 heteroatoms. The lowest BCUT2D eigenvalue weighted by Gasteiger charge is -2.39. The minimum atomic E-state index is -0.111. The van der Waals surface area contributed by atoms with E-state index in [0.29, 0.717) is 6.04 Å². The zero-order chi connectivity index (χ0) is 16.3. The highest BCUT2D eigenvalue weighted by Gasteiger charge is 2.28. The summed E-state index contributed by atoms with van der Waals surface area (Å²) >= 11 is 5.94. The number of carbonyl (C=O) groups is 1. The van der Waals surface area contributed by atoms with E-state index in [2.05, 4.69) is 24.0 Å². The predicted octanol–water partition coefficient (Wildman–Crippen LogP) is 3.37. The van der Waals surface area contributed by atoms with Crippen molar-refractivity contribution in [1.29, 1.82) is 0 Å². The summed E-state index contributed by atoms with van der Waals surface area (Å²) in [5.74, 6) is 0.0639. The molecule has 1 aliphatic rings. The van der Waals surface area contributed by atoms with E-state index in [1.54, 1.807) is 0 Å². The van der Waals surface area contributed by atoms with Crippen molar-refractivity contribution >= 4 is 42.3 Å². The van der Waals surface area contributed by atoms with Gasteiger partial charge in [-0.1, -0.05) is 30.7 Å². The monoisotopic (exact) mass is 395 g/mol. The summed E-state index contributed by atoms with van der Waals surface area (Å²) in [7, 11) is 0. The summed E-state index contributed by atoms with van der Waals surface area (Å²) < 4.78 is 0. The van der Waals surface area contributed by atoms with Crippen molar-refractivity contribution in [2.24, 2.45) is 11.7 Å². The van der Waals surface area contributed by atoms with Crippen LogP contribution in [-0.4, -0.2) is 47.9 Å². The number of hydrogen-bond donors (Lipinski definition) is 1. The fraction of sp³-hybridized carbons (Fsp3) is 0.588. The van der Waals surface area contributed by atoms with E-state index >= 15 is 0 Å². The van der Waals surface area contributed by atoms with Gasteiger partial charge in [0.25, 0.3) is 0 Å². The van der Waals surface area contributed by atoms with E-state index in [0.717, 1.165) is 31.2 Å². The number of nitrogens with two attached hydrogens (primary N) is 1. The van der Waals surface area contributed by atoms with Gasteiger partial charge in [-0.2, -0.15) is 0 Å². The molecule has 4 nitrogen and oxygen atoms in total. The number of amides is 1. The zero-order valence-electron chi connectivity index (χ0n) is 14.4. The number of benzene rings is 1. The Morgan fingerprint density at radius 1 is 1.04 bits per heavy atom. The Labute approximate surface area is 162 Å². The predicted molar refractivity (Wildman–Crippen MR) is 105 cm³/mol. The molecular weight excluding hydrogens is 369 g/mol. The Balaban J connectivity index is 0.00000264. The lowest BCUT2D eigenvalue weighted by molar-refractivity contribution is -0.137. The fourth-order valence-corrected chi connectivity index (χ4v) is 2.92. The van der Waals surface area contributed by atoms with Crippen LogP contribution in [-0.2, 0) is 4.79 Å². The third-order valence-corrected chi connectivity index (χ3v) is 4.96. The highest BCUT2D eigenvalue weighted by Crippen LogP contribution is 2.23. The van der Waals surface area contributed by atoms with Crippen molar-refractivity contribution in [3.8, 4) is 0 Å². The van der Waals surface area contributed by atoms with Crippen molar-refractivity contribution in [2.75, 3.05) is 26.2 Å². The zero-order valence-corrected chi connectivity index (χ0v) is 16.8. The number of piperazine rings is 1. The molecule has 0 bridgehead atoms. The molecule has 1 amide bonds. The normalized spacial score (nSPS) is 18.8. The Bertz CT molecular complexity index is 502. The summed E-state index contributed by atoms with van der Waals surface area (Å²) in [6.45, 7) is 9.33. The maximum absolute atomic E-state index is 12.3. The molecule has 1 fully saturated rings. The average Bonchev–Trinajstić information content (AvgIpc) is 2.53. The number of hydrogen-bond acceptors (Lipinski definition) is 3. The Morgan fingerprint density at radius 3 is 2.00 bits per heavy atom. The molecule has 0 aliphatic carbocycles. The maximum atomic E-state index is 12.3. The first-order valence-electron chi connectivity index (χ1n) is 7.94.